The largest absolute Gasteiger partial charge is 0.393 e. The van der Waals surface area contributed by atoms with Crippen LogP contribution in [-0.2, 0) is 6.42 Å². The van der Waals surface area contributed by atoms with E-state index in [1.165, 1.54) is 5.56 Å². The topological polar surface area (TPSA) is 70.1 Å². The van der Waals surface area contributed by atoms with Crippen LogP contribution in [0.15, 0.2) is 6.33 Å². The fourth-order valence-electron chi connectivity index (χ4n) is 2.89. The summed E-state index contributed by atoms with van der Waals surface area (Å²) in [5, 5.41) is 16.4. The van der Waals surface area contributed by atoms with Crippen molar-refractivity contribution in [2.24, 2.45) is 5.92 Å². The quantitative estimate of drug-likeness (QED) is 0.721. The predicted octanol–water partition coefficient (Wildman–Crippen LogP) is 2.82. The zero-order valence-electron chi connectivity index (χ0n) is 13.2. The summed E-state index contributed by atoms with van der Waals surface area (Å²) in [7, 11) is 0. The van der Waals surface area contributed by atoms with Gasteiger partial charge in [0.1, 0.15) is 18.0 Å². The molecule has 0 saturated heterocycles. The molecule has 1 saturated carbocycles. The van der Waals surface area contributed by atoms with Crippen molar-refractivity contribution in [1.82, 2.24) is 9.97 Å². The highest BCUT2D eigenvalue weighted by Crippen LogP contribution is 2.26. The Labute approximate surface area is 127 Å². The lowest BCUT2D eigenvalue weighted by Gasteiger charge is -2.26. The number of anilines is 2. The van der Waals surface area contributed by atoms with Crippen molar-refractivity contribution >= 4 is 11.6 Å². The average Bonchev–Trinajstić information content (AvgIpc) is 2.52. The minimum absolute atomic E-state index is 0.0867. The molecule has 1 heterocycles. The maximum absolute atomic E-state index is 9.56. The van der Waals surface area contributed by atoms with Crippen molar-refractivity contribution in [1.29, 1.82) is 0 Å². The Morgan fingerprint density at radius 1 is 1.10 bits per heavy atom. The highest BCUT2D eigenvalue weighted by atomic mass is 16.3. The second-order valence-electron chi connectivity index (χ2n) is 5.89. The Hall–Kier alpha value is -1.36. The van der Waals surface area contributed by atoms with Crippen LogP contribution in [0.4, 0.5) is 11.6 Å². The molecule has 1 aromatic rings. The molecule has 0 aromatic carbocycles. The fraction of sp³-hybridized carbons (Fsp3) is 0.750. The van der Waals surface area contributed by atoms with Gasteiger partial charge in [0.15, 0.2) is 0 Å². The Balaban J connectivity index is 1.95. The van der Waals surface area contributed by atoms with Crippen LogP contribution in [0.5, 0.6) is 0 Å². The summed E-state index contributed by atoms with van der Waals surface area (Å²) < 4.78 is 0. The van der Waals surface area contributed by atoms with E-state index in [1.807, 2.05) is 0 Å². The molecule has 1 aliphatic rings. The summed E-state index contributed by atoms with van der Waals surface area (Å²) >= 11 is 0. The summed E-state index contributed by atoms with van der Waals surface area (Å²) in [6.07, 6.45) is 7.60. The molecule has 0 unspecified atom stereocenters. The maximum Gasteiger partial charge on any atom is 0.134 e. The molecule has 0 bridgehead atoms. The van der Waals surface area contributed by atoms with E-state index in [0.29, 0.717) is 5.92 Å². The van der Waals surface area contributed by atoms with E-state index >= 15 is 0 Å². The number of nitrogens with one attached hydrogen (secondary N) is 2. The van der Waals surface area contributed by atoms with Crippen LogP contribution in [0.3, 0.4) is 0 Å². The second-order valence-corrected chi connectivity index (χ2v) is 5.89. The predicted molar refractivity (Wildman–Crippen MR) is 86.6 cm³/mol. The minimum Gasteiger partial charge on any atom is -0.393 e. The number of nitrogens with zero attached hydrogens (tertiary/aromatic N) is 2. The molecule has 2 rings (SSSR count). The molecule has 1 fully saturated rings. The smallest absolute Gasteiger partial charge is 0.134 e. The number of aliphatic hydroxyl groups is 1. The van der Waals surface area contributed by atoms with Crippen LogP contribution in [0, 0.1) is 5.92 Å². The van der Waals surface area contributed by atoms with Gasteiger partial charge in [-0.3, -0.25) is 0 Å². The Bertz CT molecular complexity index is 430. The van der Waals surface area contributed by atoms with Gasteiger partial charge in [-0.05, 0) is 44.4 Å². The second kappa shape index (κ2) is 8.17. The lowest BCUT2D eigenvalue weighted by molar-refractivity contribution is 0.111. The van der Waals surface area contributed by atoms with Crippen molar-refractivity contribution in [2.45, 2.75) is 58.5 Å². The third-order valence-electron chi connectivity index (χ3n) is 4.22. The number of rotatable bonds is 7. The van der Waals surface area contributed by atoms with Gasteiger partial charge >= 0.3 is 0 Å². The van der Waals surface area contributed by atoms with Crippen LogP contribution < -0.4 is 10.6 Å². The third-order valence-corrected chi connectivity index (χ3v) is 4.22. The van der Waals surface area contributed by atoms with Gasteiger partial charge in [-0.2, -0.15) is 0 Å². The van der Waals surface area contributed by atoms with E-state index in [9.17, 15) is 5.11 Å². The van der Waals surface area contributed by atoms with Crippen molar-refractivity contribution in [3.8, 4) is 0 Å². The van der Waals surface area contributed by atoms with Crippen molar-refractivity contribution in [3.05, 3.63) is 11.9 Å². The molecule has 5 nitrogen and oxygen atoms in total. The molecule has 0 aliphatic heterocycles. The molecule has 1 aromatic heterocycles. The summed E-state index contributed by atoms with van der Waals surface area (Å²) in [5.74, 6) is 2.55. The van der Waals surface area contributed by atoms with Gasteiger partial charge in [-0.15, -0.1) is 0 Å². The zero-order chi connectivity index (χ0) is 15.1. The molecule has 0 atom stereocenters. The molecule has 5 heteroatoms. The Morgan fingerprint density at radius 2 is 1.76 bits per heavy atom. The zero-order valence-corrected chi connectivity index (χ0v) is 13.2. The molecule has 118 valence electrons. The van der Waals surface area contributed by atoms with Crippen molar-refractivity contribution < 1.29 is 5.11 Å². The third kappa shape index (κ3) is 4.56. The first-order valence-electron chi connectivity index (χ1n) is 8.24. The van der Waals surface area contributed by atoms with E-state index in [-0.39, 0.29) is 6.10 Å². The number of aromatic nitrogens is 2. The highest BCUT2D eigenvalue weighted by molar-refractivity contribution is 5.57. The van der Waals surface area contributed by atoms with Gasteiger partial charge in [-0.1, -0.05) is 13.8 Å². The van der Waals surface area contributed by atoms with Crippen LogP contribution in [0.1, 0.15) is 51.5 Å². The standard InChI is InChI=1S/C16H28N4O/c1-3-9-17-15-14(4-2)16(20-11-19-15)18-10-12-5-7-13(21)8-6-12/h11-13,21H,3-10H2,1-2H3,(H2,17,18,19,20). The van der Waals surface area contributed by atoms with Gasteiger partial charge in [0.25, 0.3) is 0 Å². The van der Waals surface area contributed by atoms with Crippen LogP contribution >= 0.6 is 0 Å². The molecular weight excluding hydrogens is 264 g/mol. The average molecular weight is 292 g/mol. The maximum atomic E-state index is 9.56. The first-order valence-corrected chi connectivity index (χ1v) is 8.24. The van der Waals surface area contributed by atoms with Crippen molar-refractivity contribution in [2.75, 3.05) is 23.7 Å². The molecule has 0 amide bonds. The van der Waals surface area contributed by atoms with Gasteiger partial charge < -0.3 is 15.7 Å². The van der Waals surface area contributed by atoms with E-state index in [1.54, 1.807) is 6.33 Å². The SMILES string of the molecule is CCCNc1ncnc(NCC2CCC(O)CC2)c1CC. The molecule has 0 radical (unpaired) electrons. The molecular formula is C16H28N4O. The van der Waals surface area contributed by atoms with E-state index in [0.717, 1.165) is 63.3 Å². The first kappa shape index (κ1) is 16.0. The molecule has 1 aliphatic carbocycles. The van der Waals surface area contributed by atoms with Gasteiger partial charge in [-0.25, -0.2) is 9.97 Å². The van der Waals surface area contributed by atoms with E-state index in [4.69, 9.17) is 0 Å². The molecule has 3 N–H and O–H groups in total. The highest BCUT2D eigenvalue weighted by Gasteiger charge is 2.19. The fourth-order valence-corrected chi connectivity index (χ4v) is 2.89. The van der Waals surface area contributed by atoms with Gasteiger partial charge in [0.05, 0.1) is 6.10 Å². The molecule has 0 spiro atoms. The summed E-state index contributed by atoms with van der Waals surface area (Å²) in [5.41, 5.74) is 1.17. The van der Waals surface area contributed by atoms with Crippen molar-refractivity contribution in [3.63, 3.8) is 0 Å². The van der Waals surface area contributed by atoms with E-state index < -0.39 is 0 Å². The molecule has 21 heavy (non-hydrogen) atoms. The van der Waals surface area contributed by atoms with Gasteiger partial charge in [0, 0.05) is 18.7 Å². The van der Waals surface area contributed by atoms with Crippen LogP contribution in [-0.4, -0.2) is 34.3 Å². The van der Waals surface area contributed by atoms with Gasteiger partial charge in [0.2, 0.25) is 0 Å². The van der Waals surface area contributed by atoms with E-state index in [2.05, 4.69) is 34.4 Å². The normalized spacial score (nSPS) is 22.0. The Morgan fingerprint density at radius 3 is 2.38 bits per heavy atom. The summed E-state index contributed by atoms with van der Waals surface area (Å²) in [6, 6.07) is 0. The number of hydrogen-bond donors (Lipinski definition) is 3. The Kier molecular flexibility index (Phi) is 6.23. The number of hydrogen-bond acceptors (Lipinski definition) is 5. The minimum atomic E-state index is -0.0867. The lowest BCUT2D eigenvalue weighted by atomic mass is 9.87. The lowest BCUT2D eigenvalue weighted by Crippen LogP contribution is -2.24. The first-order chi connectivity index (χ1) is 10.2. The number of aliphatic hydroxyl groups excluding tert-OH is 1. The van der Waals surface area contributed by atoms with Crippen LogP contribution in [0.2, 0.25) is 0 Å². The van der Waals surface area contributed by atoms with Crippen LogP contribution in [0.25, 0.3) is 0 Å². The summed E-state index contributed by atoms with van der Waals surface area (Å²) in [6.45, 7) is 6.16. The summed E-state index contributed by atoms with van der Waals surface area (Å²) in [4.78, 5) is 8.76. The monoisotopic (exact) mass is 292 g/mol.